The number of esters is 1. The van der Waals surface area contributed by atoms with Crippen molar-refractivity contribution in [2.75, 3.05) is 26.0 Å². The predicted octanol–water partition coefficient (Wildman–Crippen LogP) is 0.0660. The van der Waals surface area contributed by atoms with Crippen LogP contribution in [-0.4, -0.2) is 55.7 Å². The van der Waals surface area contributed by atoms with E-state index in [2.05, 4.69) is 4.74 Å². The van der Waals surface area contributed by atoms with E-state index >= 15 is 0 Å². The summed E-state index contributed by atoms with van der Waals surface area (Å²) in [7, 11) is -2.17. The molecule has 0 fully saturated rings. The van der Waals surface area contributed by atoms with Gasteiger partial charge in [-0.1, -0.05) is 0 Å². The number of rotatable bonds is 9. The molecule has 0 bridgehead atoms. The number of hydrogen-bond donors (Lipinski definition) is 1. The lowest BCUT2D eigenvalue weighted by Gasteiger charge is -2.16. The van der Waals surface area contributed by atoms with Crippen molar-refractivity contribution in [3.05, 3.63) is 0 Å². The average molecular weight is 281 g/mol. The van der Waals surface area contributed by atoms with Crippen molar-refractivity contribution in [3.8, 4) is 0 Å². The quantitative estimate of drug-likeness (QED) is 0.600. The zero-order chi connectivity index (χ0) is 14.2. The molecule has 0 aliphatic heterocycles. The summed E-state index contributed by atoms with van der Waals surface area (Å²) in [6.45, 7) is 1.98. The van der Waals surface area contributed by atoms with Gasteiger partial charge in [-0.15, -0.1) is 0 Å². The molecule has 106 valence electrons. The van der Waals surface area contributed by atoms with Crippen molar-refractivity contribution in [2.24, 2.45) is 0 Å². The van der Waals surface area contributed by atoms with E-state index in [9.17, 15) is 18.0 Å². The molecule has 0 aliphatic rings. The Labute approximate surface area is 107 Å². The van der Waals surface area contributed by atoms with Crippen LogP contribution in [0.15, 0.2) is 0 Å². The second-order valence-electron chi connectivity index (χ2n) is 3.69. The van der Waals surface area contributed by atoms with Gasteiger partial charge in [0.1, 0.15) is 0 Å². The Balaban J connectivity index is 4.11. The van der Waals surface area contributed by atoms with Gasteiger partial charge in [-0.05, 0) is 13.3 Å². The molecular weight excluding hydrogens is 262 g/mol. The van der Waals surface area contributed by atoms with E-state index in [1.807, 2.05) is 0 Å². The third-order valence-electron chi connectivity index (χ3n) is 2.21. The largest absolute Gasteiger partial charge is 0.481 e. The first-order valence-electron chi connectivity index (χ1n) is 5.61. The van der Waals surface area contributed by atoms with E-state index < -0.39 is 22.0 Å². The minimum absolute atomic E-state index is 0.0856. The molecule has 0 atom stereocenters. The molecule has 0 saturated carbocycles. The number of carboxylic acids is 1. The fourth-order valence-electron chi connectivity index (χ4n) is 1.19. The summed E-state index contributed by atoms with van der Waals surface area (Å²) in [6.07, 6.45) is -0.0400. The van der Waals surface area contributed by atoms with Crippen molar-refractivity contribution in [3.63, 3.8) is 0 Å². The van der Waals surface area contributed by atoms with Crippen LogP contribution in [0.5, 0.6) is 0 Å². The summed E-state index contributed by atoms with van der Waals surface area (Å²) < 4.78 is 29.1. The monoisotopic (exact) mass is 281 g/mol. The second kappa shape index (κ2) is 8.04. The summed E-state index contributed by atoms with van der Waals surface area (Å²) in [5.41, 5.74) is 0. The molecule has 0 aromatic carbocycles. The molecule has 7 nitrogen and oxygen atoms in total. The average Bonchev–Trinajstić information content (AvgIpc) is 2.26. The van der Waals surface area contributed by atoms with Gasteiger partial charge in [-0.25, -0.2) is 12.7 Å². The maximum atomic E-state index is 11.7. The summed E-state index contributed by atoms with van der Waals surface area (Å²) >= 11 is 0. The number of hydrogen-bond acceptors (Lipinski definition) is 5. The lowest BCUT2D eigenvalue weighted by molar-refractivity contribution is -0.142. The number of carbonyl (C=O) groups excluding carboxylic acids is 1. The second-order valence-corrected chi connectivity index (χ2v) is 5.89. The normalized spacial score (nSPS) is 11.5. The predicted molar refractivity (Wildman–Crippen MR) is 64.5 cm³/mol. The minimum atomic E-state index is -3.53. The van der Waals surface area contributed by atoms with Crippen LogP contribution in [-0.2, 0) is 24.3 Å². The Morgan fingerprint density at radius 3 is 2.39 bits per heavy atom. The van der Waals surface area contributed by atoms with Gasteiger partial charge in [0, 0.05) is 20.0 Å². The molecular formula is C10H19NO6S. The van der Waals surface area contributed by atoms with E-state index in [0.29, 0.717) is 0 Å². The van der Waals surface area contributed by atoms with Crippen LogP contribution < -0.4 is 0 Å². The number of carboxylic acid groups (broad SMARTS) is 1. The van der Waals surface area contributed by atoms with Crippen LogP contribution in [0, 0.1) is 0 Å². The van der Waals surface area contributed by atoms with Crippen molar-refractivity contribution in [1.82, 2.24) is 4.31 Å². The number of carbonyl (C=O) groups is 2. The van der Waals surface area contributed by atoms with Crippen molar-refractivity contribution in [1.29, 1.82) is 0 Å². The van der Waals surface area contributed by atoms with Crippen LogP contribution >= 0.6 is 0 Å². The van der Waals surface area contributed by atoms with Crippen LogP contribution in [0.3, 0.4) is 0 Å². The van der Waals surface area contributed by atoms with Crippen molar-refractivity contribution < 1.29 is 27.9 Å². The Hall–Kier alpha value is -1.15. The van der Waals surface area contributed by atoms with E-state index in [1.54, 1.807) is 6.92 Å². The zero-order valence-electron chi connectivity index (χ0n) is 10.6. The molecule has 0 saturated heterocycles. The highest BCUT2D eigenvalue weighted by molar-refractivity contribution is 7.89. The van der Waals surface area contributed by atoms with Gasteiger partial charge in [-0.3, -0.25) is 9.59 Å². The lowest BCUT2D eigenvalue weighted by atomic mass is 10.3. The maximum absolute atomic E-state index is 11.7. The molecule has 0 aromatic rings. The smallest absolute Gasteiger partial charge is 0.306 e. The molecule has 1 N–H and O–H groups in total. The highest BCUT2D eigenvalue weighted by Gasteiger charge is 2.19. The molecule has 8 heteroatoms. The van der Waals surface area contributed by atoms with Gasteiger partial charge in [0.15, 0.2) is 0 Å². The fraction of sp³-hybridized carbons (Fsp3) is 0.800. The molecule has 0 radical (unpaired) electrons. The first-order valence-corrected chi connectivity index (χ1v) is 7.22. The summed E-state index contributed by atoms with van der Waals surface area (Å²) in [4.78, 5) is 21.3. The third kappa shape index (κ3) is 7.23. The van der Waals surface area contributed by atoms with Gasteiger partial charge in [-0.2, -0.15) is 0 Å². The lowest BCUT2D eigenvalue weighted by Crippen LogP contribution is -2.31. The van der Waals surface area contributed by atoms with Crippen LogP contribution in [0.2, 0.25) is 0 Å². The van der Waals surface area contributed by atoms with Crippen molar-refractivity contribution >= 4 is 22.0 Å². The molecule has 0 aliphatic carbocycles. The van der Waals surface area contributed by atoms with Gasteiger partial charge in [0.2, 0.25) is 10.0 Å². The fourth-order valence-corrected chi connectivity index (χ4v) is 2.34. The van der Waals surface area contributed by atoms with Gasteiger partial charge < -0.3 is 9.84 Å². The van der Waals surface area contributed by atoms with Crippen LogP contribution in [0.4, 0.5) is 0 Å². The van der Waals surface area contributed by atoms with E-state index in [0.717, 1.165) is 4.31 Å². The zero-order valence-corrected chi connectivity index (χ0v) is 11.4. The van der Waals surface area contributed by atoms with Crippen LogP contribution in [0.1, 0.15) is 26.2 Å². The Bertz CT molecular complexity index is 378. The highest BCUT2D eigenvalue weighted by atomic mass is 32.2. The molecule has 0 spiro atoms. The van der Waals surface area contributed by atoms with Gasteiger partial charge in [0.05, 0.1) is 18.8 Å². The van der Waals surface area contributed by atoms with Gasteiger partial charge >= 0.3 is 11.9 Å². The summed E-state index contributed by atoms with van der Waals surface area (Å²) in [5, 5.41) is 8.44. The Morgan fingerprint density at radius 2 is 1.89 bits per heavy atom. The SMILES string of the molecule is CCOC(=O)CCS(=O)(=O)N(C)CCCC(=O)O. The number of aliphatic carboxylic acids is 1. The molecule has 0 rings (SSSR count). The molecule has 18 heavy (non-hydrogen) atoms. The highest BCUT2D eigenvalue weighted by Crippen LogP contribution is 2.04. The third-order valence-corrected chi connectivity index (χ3v) is 4.06. The minimum Gasteiger partial charge on any atom is -0.481 e. The Kier molecular flexibility index (Phi) is 7.53. The number of sulfonamides is 1. The van der Waals surface area contributed by atoms with E-state index in [1.165, 1.54) is 7.05 Å². The summed E-state index contributed by atoms with van der Waals surface area (Å²) in [6, 6.07) is 0. The molecule has 0 amide bonds. The topological polar surface area (TPSA) is 101 Å². The molecule has 0 aromatic heterocycles. The first kappa shape index (κ1) is 16.9. The van der Waals surface area contributed by atoms with E-state index in [4.69, 9.17) is 5.11 Å². The molecule has 0 unspecified atom stereocenters. The number of ether oxygens (including phenoxy) is 1. The molecule has 0 heterocycles. The van der Waals surface area contributed by atoms with E-state index in [-0.39, 0.29) is 38.2 Å². The standard InChI is InChI=1S/C10H19NO6S/c1-3-17-10(14)6-8-18(15,16)11(2)7-4-5-9(12)13/h3-8H2,1-2H3,(H,12,13). The maximum Gasteiger partial charge on any atom is 0.306 e. The van der Waals surface area contributed by atoms with Gasteiger partial charge in [0.25, 0.3) is 0 Å². The summed E-state index contributed by atoms with van der Waals surface area (Å²) in [5.74, 6) is -1.84. The van der Waals surface area contributed by atoms with Crippen molar-refractivity contribution in [2.45, 2.75) is 26.2 Å². The number of nitrogens with zero attached hydrogens (tertiary/aromatic N) is 1. The Morgan fingerprint density at radius 1 is 1.28 bits per heavy atom. The first-order chi connectivity index (χ1) is 8.29. The van der Waals surface area contributed by atoms with Crippen LogP contribution in [0.25, 0.3) is 0 Å².